The third kappa shape index (κ3) is 3.74. The van der Waals surface area contributed by atoms with Crippen LogP contribution in [0.3, 0.4) is 0 Å². The van der Waals surface area contributed by atoms with E-state index >= 15 is 0 Å². The third-order valence-electron chi connectivity index (χ3n) is 3.84. The highest BCUT2D eigenvalue weighted by Crippen LogP contribution is 2.41. The summed E-state index contributed by atoms with van der Waals surface area (Å²) in [7, 11) is 4.47. The summed E-state index contributed by atoms with van der Waals surface area (Å²) in [4.78, 5) is 24.4. The summed E-state index contributed by atoms with van der Waals surface area (Å²) in [5.41, 5.74) is 1.27. The van der Waals surface area contributed by atoms with Crippen LogP contribution >= 0.6 is 0 Å². The number of methoxy groups -OCH3 is 3. The lowest BCUT2D eigenvalue weighted by molar-refractivity contribution is -0.138. The Balaban J connectivity index is 2.55. The van der Waals surface area contributed by atoms with Crippen molar-refractivity contribution in [3.8, 4) is 17.2 Å². The number of ether oxygens (including phenoxy) is 4. The minimum Gasteiger partial charge on any atom is -0.493 e. The largest absolute Gasteiger partial charge is 0.493 e. The Morgan fingerprint density at radius 1 is 1.19 bits per heavy atom. The van der Waals surface area contributed by atoms with E-state index in [1.165, 1.54) is 27.4 Å². The van der Waals surface area contributed by atoms with Gasteiger partial charge in [-0.05, 0) is 24.6 Å². The standard InChI is InChI=1S/C18H22N2O6/c1-6-7-26-17(21)14-10(2)19-18(22)20-15(14)11-8-12(23-3)16(25-5)13(9-11)24-4/h6,8-9,15H,1,7H2,2-5H3,(H2,19,20,22). The molecule has 0 bridgehead atoms. The molecule has 0 saturated heterocycles. The Hall–Kier alpha value is -3.16. The summed E-state index contributed by atoms with van der Waals surface area (Å²) in [6, 6.07) is 2.17. The molecule has 0 spiro atoms. The molecule has 1 aliphatic heterocycles. The molecule has 140 valence electrons. The van der Waals surface area contributed by atoms with E-state index in [1.54, 1.807) is 19.1 Å². The number of carbonyl (C=O) groups is 2. The van der Waals surface area contributed by atoms with Gasteiger partial charge in [0.2, 0.25) is 5.75 Å². The van der Waals surface area contributed by atoms with E-state index < -0.39 is 18.0 Å². The van der Waals surface area contributed by atoms with Crippen molar-refractivity contribution in [2.45, 2.75) is 13.0 Å². The molecule has 0 radical (unpaired) electrons. The third-order valence-corrected chi connectivity index (χ3v) is 3.84. The Morgan fingerprint density at radius 2 is 1.81 bits per heavy atom. The lowest BCUT2D eigenvalue weighted by Crippen LogP contribution is -2.45. The number of carbonyl (C=O) groups excluding carboxylic acids is 2. The average Bonchev–Trinajstić information content (AvgIpc) is 2.64. The monoisotopic (exact) mass is 362 g/mol. The van der Waals surface area contributed by atoms with Gasteiger partial charge in [0.05, 0.1) is 32.9 Å². The molecule has 1 unspecified atom stereocenters. The summed E-state index contributed by atoms with van der Waals surface area (Å²) in [5, 5.41) is 5.31. The average molecular weight is 362 g/mol. The van der Waals surface area contributed by atoms with Crippen molar-refractivity contribution in [1.29, 1.82) is 0 Å². The maximum atomic E-state index is 12.5. The molecular weight excluding hydrogens is 340 g/mol. The van der Waals surface area contributed by atoms with Gasteiger partial charge >= 0.3 is 12.0 Å². The van der Waals surface area contributed by atoms with E-state index in [-0.39, 0.29) is 12.2 Å². The first-order valence-corrected chi connectivity index (χ1v) is 7.83. The number of rotatable bonds is 7. The predicted molar refractivity (Wildman–Crippen MR) is 94.4 cm³/mol. The van der Waals surface area contributed by atoms with Crippen molar-refractivity contribution in [1.82, 2.24) is 10.6 Å². The lowest BCUT2D eigenvalue weighted by Gasteiger charge is -2.28. The number of allylic oxidation sites excluding steroid dienone is 1. The van der Waals surface area contributed by atoms with Crippen LogP contribution in [-0.4, -0.2) is 39.9 Å². The van der Waals surface area contributed by atoms with E-state index in [0.29, 0.717) is 28.5 Å². The van der Waals surface area contributed by atoms with Crippen LogP contribution in [0.5, 0.6) is 17.2 Å². The molecule has 8 nitrogen and oxygen atoms in total. The number of amides is 2. The molecule has 1 aliphatic rings. The first kappa shape index (κ1) is 19.2. The van der Waals surface area contributed by atoms with Crippen LogP contribution in [0.15, 0.2) is 36.1 Å². The van der Waals surface area contributed by atoms with Gasteiger partial charge in [0.25, 0.3) is 0 Å². The number of hydrogen-bond acceptors (Lipinski definition) is 6. The van der Waals surface area contributed by atoms with E-state index in [9.17, 15) is 9.59 Å². The Labute approximate surface area is 151 Å². The SMILES string of the molecule is C=CCOC(=O)C1=C(C)NC(=O)NC1c1cc(OC)c(OC)c(OC)c1. The van der Waals surface area contributed by atoms with Crippen LogP contribution in [0, 0.1) is 0 Å². The van der Waals surface area contributed by atoms with Crippen molar-refractivity contribution < 1.29 is 28.5 Å². The Kier molecular flexibility index (Phi) is 6.11. The van der Waals surface area contributed by atoms with Gasteiger partial charge in [-0.1, -0.05) is 12.7 Å². The number of urea groups is 1. The highest BCUT2D eigenvalue weighted by molar-refractivity contribution is 5.95. The van der Waals surface area contributed by atoms with Gasteiger partial charge in [-0.2, -0.15) is 0 Å². The van der Waals surface area contributed by atoms with E-state index in [2.05, 4.69) is 17.2 Å². The molecule has 1 aromatic rings. The molecule has 1 aromatic carbocycles. The first-order chi connectivity index (χ1) is 12.5. The highest BCUT2D eigenvalue weighted by Gasteiger charge is 2.33. The first-order valence-electron chi connectivity index (χ1n) is 7.83. The number of benzene rings is 1. The summed E-state index contributed by atoms with van der Waals surface area (Å²) in [6.45, 7) is 5.22. The number of esters is 1. The quantitative estimate of drug-likeness (QED) is 0.570. The molecule has 2 N–H and O–H groups in total. The smallest absolute Gasteiger partial charge is 0.338 e. The molecule has 2 amide bonds. The van der Waals surface area contributed by atoms with Crippen LogP contribution in [0.1, 0.15) is 18.5 Å². The maximum Gasteiger partial charge on any atom is 0.338 e. The van der Waals surface area contributed by atoms with Gasteiger partial charge < -0.3 is 29.6 Å². The Bertz CT molecular complexity index is 731. The predicted octanol–water partition coefficient (Wildman–Crippen LogP) is 2.07. The minimum atomic E-state index is -0.741. The van der Waals surface area contributed by atoms with Crippen LogP contribution < -0.4 is 24.8 Å². The van der Waals surface area contributed by atoms with Gasteiger partial charge in [-0.15, -0.1) is 0 Å². The summed E-state index contributed by atoms with van der Waals surface area (Å²) in [6.07, 6.45) is 1.47. The zero-order chi connectivity index (χ0) is 19.3. The zero-order valence-corrected chi connectivity index (χ0v) is 15.2. The topological polar surface area (TPSA) is 95.1 Å². The summed E-state index contributed by atoms with van der Waals surface area (Å²) < 4.78 is 21.1. The van der Waals surface area contributed by atoms with Crippen LogP contribution in [0.4, 0.5) is 4.79 Å². The fraction of sp³-hybridized carbons (Fsp3) is 0.333. The molecule has 1 heterocycles. The molecular formula is C18H22N2O6. The van der Waals surface area contributed by atoms with E-state index in [1.807, 2.05) is 0 Å². The van der Waals surface area contributed by atoms with E-state index in [4.69, 9.17) is 18.9 Å². The summed E-state index contributed by atoms with van der Waals surface area (Å²) >= 11 is 0. The van der Waals surface area contributed by atoms with Gasteiger partial charge in [-0.3, -0.25) is 0 Å². The zero-order valence-electron chi connectivity index (χ0n) is 15.2. The summed E-state index contributed by atoms with van der Waals surface area (Å²) in [5.74, 6) is 0.668. The second kappa shape index (κ2) is 8.28. The van der Waals surface area contributed by atoms with Crippen molar-refractivity contribution >= 4 is 12.0 Å². The molecule has 0 saturated carbocycles. The second-order valence-electron chi connectivity index (χ2n) is 5.42. The molecule has 0 fully saturated rings. The lowest BCUT2D eigenvalue weighted by atomic mass is 9.95. The molecule has 0 aromatic heterocycles. The fourth-order valence-corrected chi connectivity index (χ4v) is 2.69. The number of hydrogen-bond donors (Lipinski definition) is 2. The maximum absolute atomic E-state index is 12.5. The number of nitrogens with one attached hydrogen (secondary N) is 2. The molecule has 26 heavy (non-hydrogen) atoms. The van der Waals surface area contributed by atoms with Crippen LogP contribution in [0.2, 0.25) is 0 Å². The Morgan fingerprint density at radius 3 is 2.31 bits per heavy atom. The van der Waals surface area contributed by atoms with Crippen molar-refractivity contribution in [2.75, 3.05) is 27.9 Å². The molecule has 0 aliphatic carbocycles. The van der Waals surface area contributed by atoms with Crippen molar-refractivity contribution in [3.63, 3.8) is 0 Å². The van der Waals surface area contributed by atoms with Crippen molar-refractivity contribution in [2.24, 2.45) is 0 Å². The van der Waals surface area contributed by atoms with Gasteiger partial charge in [-0.25, -0.2) is 9.59 Å². The molecule has 8 heteroatoms. The minimum absolute atomic E-state index is 0.0610. The molecule has 2 rings (SSSR count). The van der Waals surface area contributed by atoms with Crippen molar-refractivity contribution in [3.05, 3.63) is 41.6 Å². The molecule has 1 atom stereocenters. The second-order valence-corrected chi connectivity index (χ2v) is 5.42. The van der Waals surface area contributed by atoms with E-state index in [0.717, 1.165) is 0 Å². The van der Waals surface area contributed by atoms with Gasteiger partial charge in [0, 0.05) is 5.70 Å². The van der Waals surface area contributed by atoms with Crippen LogP contribution in [0.25, 0.3) is 0 Å². The highest BCUT2D eigenvalue weighted by atomic mass is 16.5. The normalized spacial score (nSPS) is 16.3. The van der Waals surface area contributed by atoms with Gasteiger partial charge in [0.15, 0.2) is 11.5 Å². The fourth-order valence-electron chi connectivity index (χ4n) is 2.69. The van der Waals surface area contributed by atoms with Crippen LogP contribution in [-0.2, 0) is 9.53 Å². The van der Waals surface area contributed by atoms with Gasteiger partial charge in [0.1, 0.15) is 6.61 Å².